The van der Waals surface area contributed by atoms with Crippen LogP contribution in [0.3, 0.4) is 0 Å². The second kappa shape index (κ2) is 8.96. The van der Waals surface area contributed by atoms with E-state index in [0.29, 0.717) is 27.5 Å². The standard InChI is InChI=1S/C21H19ClFN3O3/c1-3-29-21(28)20(25-12(2)27)18-11-24-19(14-6-4-5-7-16(14)23)15-10-13(22)8-9-17(15)26-18/h4-10,20H,3,11H2,1-2H3,(H,25,27). The van der Waals surface area contributed by atoms with Gasteiger partial charge in [0.15, 0.2) is 6.04 Å². The largest absolute Gasteiger partial charge is 0.464 e. The molecular formula is C21H19ClFN3O3. The van der Waals surface area contributed by atoms with Crippen molar-refractivity contribution in [2.45, 2.75) is 19.9 Å². The summed E-state index contributed by atoms with van der Waals surface area (Å²) >= 11 is 6.15. The number of rotatable bonds is 5. The first-order valence-electron chi connectivity index (χ1n) is 9.01. The van der Waals surface area contributed by atoms with Crippen LogP contribution in [0.4, 0.5) is 10.1 Å². The normalized spacial score (nSPS) is 14.1. The van der Waals surface area contributed by atoms with E-state index in [1.54, 1.807) is 43.3 Å². The van der Waals surface area contributed by atoms with Crippen molar-refractivity contribution in [2.75, 3.05) is 13.2 Å². The number of amides is 1. The van der Waals surface area contributed by atoms with Gasteiger partial charge in [0.05, 0.1) is 30.3 Å². The number of hydrogen-bond acceptors (Lipinski definition) is 5. The molecule has 1 N–H and O–H groups in total. The third-order valence-electron chi connectivity index (χ3n) is 4.21. The Labute approximate surface area is 172 Å². The summed E-state index contributed by atoms with van der Waals surface area (Å²) in [5.41, 5.74) is 1.93. The molecule has 0 radical (unpaired) electrons. The molecule has 0 aromatic heterocycles. The molecule has 6 nitrogen and oxygen atoms in total. The quantitative estimate of drug-likeness (QED) is 0.759. The Morgan fingerprint density at radius 2 is 2.00 bits per heavy atom. The fourth-order valence-electron chi connectivity index (χ4n) is 2.98. The molecule has 8 heteroatoms. The lowest BCUT2D eigenvalue weighted by atomic mass is 10.0. The van der Waals surface area contributed by atoms with Gasteiger partial charge in [-0.3, -0.25) is 14.8 Å². The van der Waals surface area contributed by atoms with Gasteiger partial charge in [-0.2, -0.15) is 0 Å². The Morgan fingerprint density at radius 1 is 1.24 bits per heavy atom. The van der Waals surface area contributed by atoms with Crippen LogP contribution in [0, 0.1) is 5.82 Å². The van der Waals surface area contributed by atoms with E-state index in [2.05, 4.69) is 15.3 Å². The summed E-state index contributed by atoms with van der Waals surface area (Å²) in [6.07, 6.45) is 0. The maximum absolute atomic E-state index is 14.5. The van der Waals surface area contributed by atoms with Crippen molar-refractivity contribution < 1.29 is 18.7 Å². The topological polar surface area (TPSA) is 80.1 Å². The Bertz CT molecular complexity index is 1020. The number of carbonyl (C=O) groups is 2. The van der Waals surface area contributed by atoms with Gasteiger partial charge >= 0.3 is 5.97 Å². The molecule has 0 saturated carbocycles. The predicted octanol–water partition coefficient (Wildman–Crippen LogP) is 3.47. The molecule has 2 aromatic carbocycles. The predicted molar refractivity (Wildman–Crippen MR) is 110 cm³/mol. The maximum Gasteiger partial charge on any atom is 0.334 e. The zero-order valence-electron chi connectivity index (χ0n) is 15.9. The van der Waals surface area contributed by atoms with Gasteiger partial charge in [-0.1, -0.05) is 23.7 Å². The third kappa shape index (κ3) is 4.68. The van der Waals surface area contributed by atoms with Gasteiger partial charge in [0, 0.05) is 23.1 Å². The molecule has 3 rings (SSSR count). The molecule has 1 atom stereocenters. The van der Waals surface area contributed by atoms with Gasteiger partial charge in [-0.25, -0.2) is 9.18 Å². The van der Waals surface area contributed by atoms with Crippen LogP contribution < -0.4 is 5.32 Å². The van der Waals surface area contributed by atoms with E-state index in [0.717, 1.165) is 0 Å². The second-order valence-electron chi connectivity index (χ2n) is 6.29. The van der Waals surface area contributed by atoms with E-state index in [4.69, 9.17) is 16.3 Å². The molecule has 1 heterocycles. The Morgan fingerprint density at radius 3 is 2.69 bits per heavy atom. The number of nitrogens with zero attached hydrogens (tertiary/aromatic N) is 2. The Hall–Kier alpha value is -3.06. The van der Waals surface area contributed by atoms with Gasteiger partial charge in [0.2, 0.25) is 5.91 Å². The number of benzene rings is 2. The van der Waals surface area contributed by atoms with Crippen LogP contribution in [0.15, 0.2) is 52.4 Å². The van der Waals surface area contributed by atoms with Gasteiger partial charge in [0.25, 0.3) is 0 Å². The highest BCUT2D eigenvalue weighted by Crippen LogP contribution is 2.29. The number of esters is 1. The van der Waals surface area contributed by atoms with Crippen molar-refractivity contribution >= 4 is 40.6 Å². The van der Waals surface area contributed by atoms with Crippen LogP contribution in [-0.2, 0) is 14.3 Å². The fourth-order valence-corrected chi connectivity index (χ4v) is 3.15. The number of nitrogens with one attached hydrogen (secondary N) is 1. The zero-order valence-corrected chi connectivity index (χ0v) is 16.7. The molecule has 150 valence electrons. The van der Waals surface area contributed by atoms with Crippen molar-refractivity contribution in [3.63, 3.8) is 0 Å². The second-order valence-corrected chi connectivity index (χ2v) is 6.73. The molecular weight excluding hydrogens is 397 g/mol. The number of fused-ring (bicyclic) bond motifs is 1. The zero-order chi connectivity index (χ0) is 21.0. The SMILES string of the molecule is CCOC(=O)C(NC(C)=O)C1=Nc2ccc(Cl)cc2C(c2ccccc2F)=NC1. The minimum atomic E-state index is -1.10. The number of ether oxygens (including phenoxy) is 1. The highest BCUT2D eigenvalue weighted by atomic mass is 35.5. The molecule has 0 saturated heterocycles. The van der Waals surface area contributed by atoms with E-state index < -0.39 is 23.7 Å². The summed E-state index contributed by atoms with van der Waals surface area (Å²) in [6, 6.07) is 10.1. The smallest absolute Gasteiger partial charge is 0.334 e. The van der Waals surface area contributed by atoms with Crippen LogP contribution >= 0.6 is 11.6 Å². The first-order chi connectivity index (χ1) is 13.9. The van der Waals surface area contributed by atoms with Gasteiger partial charge in [0.1, 0.15) is 5.82 Å². The van der Waals surface area contributed by atoms with Crippen LogP contribution in [0.5, 0.6) is 0 Å². The molecule has 1 unspecified atom stereocenters. The van der Waals surface area contributed by atoms with Crippen molar-refractivity contribution in [3.8, 4) is 0 Å². The monoisotopic (exact) mass is 415 g/mol. The molecule has 29 heavy (non-hydrogen) atoms. The number of carbonyl (C=O) groups excluding carboxylic acids is 2. The minimum Gasteiger partial charge on any atom is -0.464 e. The van der Waals surface area contributed by atoms with Crippen LogP contribution in [0.25, 0.3) is 0 Å². The lowest BCUT2D eigenvalue weighted by Crippen LogP contribution is -2.47. The van der Waals surface area contributed by atoms with E-state index in [1.165, 1.54) is 13.0 Å². The average molecular weight is 416 g/mol. The summed E-state index contributed by atoms with van der Waals surface area (Å²) in [7, 11) is 0. The molecule has 0 aliphatic carbocycles. The fraction of sp³-hybridized carbons (Fsp3) is 0.238. The number of halogens is 2. The first-order valence-corrected chi connectivity index (χ1v) is 9.39. The van der Waals surface area contributed by atoms with Crippen LogP contribution in [-0.4, -0.2) is 42.5 Å². The van der Waals surface area contributed by atoms with E-state index in [9.17, 15) is 14.0 Å². The van der Waals surface area contributed by atoms with E-state index in [1.807, 2.05) is 0 Å². The number of aliphatic imine (C=N–C) groups is 2. The van der Waals surface area contributed by atoms with Crippen LogP contribution in [0.2, 0.25) is 5.02 Å². The van der Waals surface area contributed by atoms with Gasteiger partial charge < -0.3 is 10.1 Å². The number of hydrogen-bond donors (Lipinski definition) is 1. The highest BCUT2D eigenvalue weighted by molar-refractivity contribution is 6.31. The minimum absolute atomic E-state index is 0.0280. The summed E-state index contributed by atoms with van der Waals surface area (Å²) in [6.45, 7) is 3.09. The molecule has 0 fully saturated rings. The third-order valence-corrected chi connectivity index (χ3v) is 4.44. The van der Waals surface area contributed by atoms with Crippen molar-refractivity contribution in [2.24, 2.45) is 9.98 Å². The maximum atomic E-state index is 14.5. The van der Waals surface area contributed by atoms with Crippen molar-refractivity contribution in [1.29, 1.82) is 0 Å². The summed E-state index contributed by atoms with van der Waals surface area (Å²) < 4.78 is 19.5. The van der Waals surface area contributed by atoms with E-state index >= 15 is 0 Å². The molecule has 2 aromatic rings. The van der Waals surface area contributed by atoms with E-state index in [-0.39, 0.29) is 18.9 Å². The van der Waals surface area contributed by atoms with Crippen LogP contribution in [0.1, 0.15) is 25.0 Å². The molecule has 0 bridgehead atoms. The highest BCUT2D eigenvalue weighted by Gasteiger charge is 2.29. The first kappa shape index (κ1) is 20.7. The lowest BCUT2D eigenvalue weighted by molar-refractivity contribution is -0.145. The van der Waals surface area contributed by atoms with Gasteiger partial charge in [-0.15, -0.1) is 0 Å². The Kier molecular flexibility index (Phi) is 6.39. The Balaban J connectivity index is 2.13. The molecule has 1 amide bonds. The molecule has 1 aliphatic heterocycles. The molecule has 1 aliphatic rings. The lowest BCUT2D eigenvalue weighted by Gasteiger charge is -2.17. The molecule has 0 spiro atoms. The van der Waals surface area contributed by atoms with Crippen molar-refractivity contribution in [1.82, 2.24) is 5.32 Å². The summed E-state index contributed by atoms with van der Waals surface area (Å²) in [5, 5.41) is 3.00. The van der Waals surface area contributed by atoms with Crippen molar-refractivity contribution in [3.05, 3.63) is 64.4 Å². The van der Waals surface area contributed by atoms with Gasteiger partial charge in [-0.05, 0) is 37.3 Å². The summed E-state index contributed by atoms with van der Waals surface area (Å²) in [4.78, 5) is 33.1. The average Bonchev–Trinajstić information content (AvgIpc) is 2.86. The summed E-state index contributed by atoms with van der Waals surface area (Å²) in [5.74, 6) is -1.49.